The van der Waals surface area contributed by atoms with Crippen molar-refractivity contribution < 1.29 is 9.90 Å². The molecule has 1 aromatic heterocycles. The summed E-state index contributed by atoms with van der Waals surface area (Å²) in [5.41, 5.74) is 4.54. The number of imidazole rings is 1. The molecule has 102 valence electrons. The maximum absolute atomic E-state index is 10.8. The van der Waals surface area contributed by atoms with Gasteiger partial charge in [-0.2, -0.15) is 0 Å². The zero-order valence-corrected chi connectivity index (χ0v) is 11.3. The zero-order valence-electron chi connectivity index (χ0n) is 11.3. The lowest BCUT2D eigenvalue weighted by molar-refractivity contribution is -0.142. The van der Waals surface area contributed by atoms with Gasteiger partial charge in [-0.05, 0) is 33.4 Å². The van der Waals surface area contributed by atoms with Crippen LogP contribution in [0.2, 0.25) is 0 Å². The van der Waals surface area contributed by atoms with E-state index in [0.717, 1.165) is 25.3 Å². The first-order chi connectivity index (χ1) is 8.33. The molecule has 1 atom stereocenters. The number of hydrogen-bond acceptors (Lipinski definition) is 4. The monoisotopic (exact) mass is 254 g/mol. The molecular formula is C12H22N4O2. The predicted molar refractivity (Wildman–Crippen MR) is 69.0 cm³/mol. The number of rotatable bonds is 7. The van der Waals surface area contributed by atoms with Gasteiger partial charge >= 0.3 is 5.97 Å². The molecule has 18 heavy (non-hydrogen) atoms. The molecule has 0 saturated heterocycles. The quantitative estimate of drug-likeness (QED) is 0.737. The van der Waals surface area contributed by atoms with Gasteiger partial charge in [0.15, 0.2) is 0 Å². The first-order valence-corrected chi connectivity index (χ1v) is 6.00. The topological polar surface area (TPSA) is 84.4 Å². The summed E-state index contributed by atoms with van der Waals surface area (Å²) in [5, 5.41) is 8.90. The van der Waals surface area contributed by atoms with Crippen molar-refractivity contribution in [2.45, 2.75) is 31.8 Å². The van der Waals surface area contributed by atoms with Crippen LogP contribution in [0, 0.1) is 0 Å². The number of aromatic nitrogens is 2. The molecule has 1 unspecified atom stereocenters. The summed E-state index contributed by atoms with van der Waals surface area (Å²) in [4.78, 5) is 17.2. The number of carbonyl (C=O) groups is 1. The van der Waals surface area contributed by atoms with Gasteiger partial charge in [0, 0.05) is 19.4 Å². The van der Waals surface area contributed by atoms with Gasteiger partial charge in [0.05, 0.1) is 6.54 Å². The largest absolute Gasteiger partial charge is 0.480 e. The zero-order chi connectivity index (χ0) is 13.8. The van der Waals surface area contributed by atoms with Crippen molar-refractivity contribution in [1.29, 1.82) is 0 Å². The highest BCUT2D eigenvalue weighted by Gasteiger charge is 2.26. The van der Waals surface area contributed by atoms with E-state index in [4.69, 9.17) is 10.8 Å². The summed E-state index contributed by atoms with van der Waals surface area (Å²) >= 11 is 0. The maximum atomic E-state index is 10.8. The molecule has 0 aliphatic heterocycles. The summed E-state index contributed by atoms with van der Waals surface area (Å²) < 4.78 is 1.97. The third kappa shape index (κ3) is 4.12. The van der Waals surface area contributed by atoms with E-state index in [1.807, 2.05) is 24.9 Å². The van der Waals surface area contributed by atoms with Crippen molar-refractivity contribution in [1.82, 2.24) is 14.5 Å². The molecule has 1 heterocycles. The van der Waals surface area contributed by atoms with Crippen molar-refractivity contribution in [3.63, 3.8) is 0 Å². The van der Waals surface area contributed by atoms with E-state index in [2.05, 4.69) is 9.88 Å². The van der Waals surface area contributed by atoms with E-state index in [9.17, 15) is 4.79 Å². The number of aliphatic carboxylic acids is 1. The van der Waals surface area contributed by atoms with E-state index < -0.39 is 11.5 Å². The minimum atomic E-state index is -1.13. The summed E-state index contributed by atoms with van der Waals surface area (Å²) in [6.07, 6.45) is 4.89. The third-order valence-electron chi connectivity index (χ3n) is 3.06. The van der Waals surface area contributed by atoms with Crippen LogP contribution in [0.25, 0.3) is 0 Å². The molecule has 0 saturated carbocycles. The standard InChI is InChI=1S/C12H22N4O2/c1-12(13,11(17)18)5-4-7-15(2)9-10-14-6-8-16(10)3/h6,8H,4-5,7,9,13H2,1-3H3,(H,17,18). The van der Waals surface area contributed by atoms with Crippen LogP contribution >= 0.6 is 0 Å². The van der Waals surface area contributed by atoms with Crippen LogP contribution in [0.5, 0.6) is 0 Å². The predicted octanol–water partition coefficient (Wildman–Crippen LogP) is 0.434. The molecule has 0 amide bonds. The normalized spacial score (nSPS) is 14.7. The smallest absolute Gasteiger partial charge is 0.323 e. The average Bonchev–Trinajstić information content (AvgIpc) is 2.64. The lowest BCUT2D eigenvalue weighted by Crippen LogP contribution is -2.45. The lowest BCUT2D eigenvalue weighted by atomic mass is 9.97. The van der Waals surface area contributed by atoms with Crippen LogP contribution in [0.4, 0.5) is 0 Å². The SMILES string of the molecule is CN(CCCC(C)(N)C(=O)O)Cc1nccn1C. The summed E-state index contributed by atoms with van der Waals surface area (Å²) in [5.74, 6) is 0.0421. The second-order valence-electron chi connectivity index (χ2n) is 5.02. The fraction of sp³-hybridized carbons (Fsp3) is 0.667. The van der Waals surface area contributed by atoms with Crippen LogP contribution in [0.1, 0.15) is 25.6 Å². The molecule has 1 rings (SSSR count). The Balaban J connectivity index is 2.32. The highest BCUT2D eigenvalue weighted by Crippen LogP contribution is 2.10. The van der Waals surface area contributed by atoms with Crippen molar-refractivity contribution in [3.05, 3.63) is 18.2 Å². The van der Waals surface area contributed by atoms with Gasteiger partial charge < -0.3 is 15.4 Å². The molecule has 0 spiro atoms. The minimum absolute atomic E-state index is 0.466. The number of nitrogens with zero attached hydrogens (tertiary/aromatic N) is 3. The number of aryl methyl sites for hydroxylation is 1. The van der Waals surface area contributed by atoms with Gasteiger partial charge in [-0.3, -0.25) is 9.69 Å². The summed E-state index contributed by atoms with van der Waals surface area (Å²) in [6.45, 7) is 3.10. The van der Waals surface area contributed by atoms with E-state index in [-0.39, 0.29) is 0 Å². The Kier molecular flexibility index (Phi) is 4.86. The highest BCUT2D eigenvalue weighted by atomic mass is 16.4. The molecule has 0 aromatic carbocycles. The molecule has 6 nitrogen and oxygen atoms in total. The van der Waals surface area contributed by atoms with Gasteiger partial charge in [0.25, 0.3) is 0 Å². The first-order valence-electron chi connectivity index (χ1n) is 6.00. The first kappa shape index (κ1) is 14.7. The Morgan fingerprint density at radius 1 is 1.67 bits per heavy atom. The molecule has 0 aliphatic rings. The molecule has 6 heteroatoms. The Hall–Kier alpha value is -1.40. The molecule has 0 radical (unpaired) electrons. The van der Waals surface area contributed by atoms with E-state index in [1.54, 1.807) is 13.1 Å². The maximum Gasteiger partial charge on any atom is 0.323 e. The van der Waals surface area contributed by atoms with Gasteiger partial charge in [0.2, 0.25) is 0 Å². The Bertz CT molecular complexity index is 401. The Morgan fingerprint density at radius 2 is 2.33 bits per heavy atom. The Morgan fingerprint density at radius 3 is 2.83 bits per heavy atom. The van der Waals surface area contributed by atoms with E-state index in [0.29, 0.717) is 6.42 Å². The number of carboxylic acid groups (broad SMARTS) is 1. The molecule has 3 N–H and O–H groups in total. The van der Waals surface area contributed by atoms with Gasteiger partial charge in [-0.1, -0.05) is 0 Å². The molecule has 0 bridgehead atoms. The van der Waals surface area contributed by atoms with Crippen molar-refractivity contribution in [2.75, 3.05) is 13.6 Å². The third-order valence-corrected chi connectivity index (χ3v) is 3.06. The second-order valence-corrected chi connectivity index (χ2v) is 5.02. The van der Waals surface area contributed by atoms with Crippen LogP contribution in [0.3, 0.4) is 0 Å². The molecule has 0 aliphatic carbocycles. The fourth-order valence-electron chi connectivity index (χ4n) is 1.69. The van der Waals surface area contributed by atoms with E-state index >= 15 is 0 Å². The number of hydrogen-bond donors (Lipinski definition) is 2. The van der Waals surface area contributed by atoms with Crippen LogP contribution in [-0.4, -0.2) is 44.7 Å². The van der Waals surface area contributed by atoms with Crippen molar-refractivity contribution in [2.24, 2.45) is 12.8 Å². The van der Waals surface area contributed by atoms with Gasteiger partial charge in [0.1, 0.15) is 11.4 Å². The fourth-order valence-corrected chi connectivity index (χ4v) is 1.69. The lowest BCUT2D eigenvalue weighted by Gasteiger charge is -2.21. The number of carboxylic acids is 1. The average molecular weight is 254 g/mol. The van der Waals surface area contributed by atoms with Crippen molar-refractivity contribution >= 4 is 5.97 Å². The number of nitrogens with two attached hydrogens (primary N) is 1. The van der Waals surface area contributed by atoms with Gasteiger partial charge in [-0.15, -0.1) is 0 Å². The van der Waals surface area contributed by atoms with Crippen molar-refractivity contribution in [3.8, 4) is 0 Å². The summed E-state index contributed by atoms with van der Waals surface area (Å²) in [7, 11) is 3.95. The highest BCUT2D eigenvalue weighted by molar-refractivity contribution is 5.77. The second kappa shape index (κ2) is 5.97. The van der Waals surface area contributed by atoms with Crippen LogP contribution in [-0.2, 0) is 18.4 Å². The van der Waals surface area contributed by atoms with Crippen LogP contribution < -0.4 is 5.73 Å². The molecule has 1 aromatic rings. The molecule has 0 fully saturated rings. The molecular weight excluding hydrogens is 232 g/mol. The van der Waals surface area contributed by atoms with Gasteiger partial charge in [-0.25, -0.2) is 4.98 Å². The summed E-state index contributed by atoms with van der Waals surface area (Å²) in [6, 6.07) is 0. The van der Waals surface area contributed by atoms with Crippen LogP contribution in [0.15, 0.2) is 12.4 Å². The Labute approximate surface area is 107 Å². The minimum Gasteiger partial charge on any atom is -0.480 e. The van der Waals surface area contributed by atoms with E-state index in [1.165, 1.54) is 0 Å².